The number of anilines is 2. The van der Waals surface area contributed by atoms with Gasteiger partial charge >= 0.3 is 0 Å². The lowest BCUT2D eigenvalue weighted by atomic mass is 10.2. The Morgan fingerprint density at radius 2 is 1.69 bits per heavy atom. The van der Waals surface area contributed by atoms with Crippen molar-refractivity contribution in [2.75, 3.05) is 48.2 Å². The molecule has 0 N–H and O–H groups in total. The summed E-state index contributed by atoms with van der Waals surface area (Å²) < 4.78 is 58.9. The van der Waals surface area contributed by atoms with Gasteiger partial charge in [-0.2, -0.15) is 4.31 Å². The van der Waals surface area contributed by atoms with E-state index in [-0.39, 0.29) is 35.8 Å². The minimum absolute atomic E-state index is 0.00985. The highest BCUT2D eigenvalue weighted by atomic mass is 32.2. The first-order valence-corrected chi connectivity index (χ1v) is 13.2. The first kappa shape index (κ1) is 22.6. The number of benzene rings is 2. The fourth-order valence-electron chi connectivity index (χ4n) is 4.06. The number of sulfonamides is 2. The van der Waals surface area contributed by atoms with Crippen molar-refractivity contribution in [1.82, 2.24) is 4.31 Å². The van der Waals surface area contributed by atoms with Crippen LogP contribution in [0.3, 0.4) is 0 Å². The van der Waals surface area contributed by atoms with E-state index in [4.69, 9.17) is 4.74 Å². The van der Waals surface area contributed by atoms with Crippen LogP contribution in [0, 0.1) is 6.92 Å². The lowest BCUT2D eigenvalue weighted by Crippen LogP contribution is -2.48. The molecule has 2 aromatic rings. The molecule has 2 fully saturated rings. The van der Waals surface area contributed by atoms with Gasteiger partial charge in [-0.15, -0.1) is 0 Å². The maximum atomic E-state index is 13.4. The van der Waals surface area contributed by atoms with Gasteiger partial charge in [0.05, 0.1) is 29.1 Å². The van der Waals surface area contributed by atoms with Gasteiger partial charge in [-0.05, 0) is 36.8 Å². The second-order valence-corrected chi connectivity index (χ2v) is 11.6. The van der Waals surface area contributed by atoms with Gasteiger partial charge in [0, 0.05) is 32.6 Å². The van der Waals surface area contributed by atoms with Crippen LogP contribution >= 0.6 is 0 Å². The minimum Gasteiger partial charge on any atom is -0.495 e. The summed E-state index contributed by atoms with van der Waals surface area (Å²) in [4.78, 5) is 14.2. The van der Waals surface area contributed by atoms with Crippen molar-refractivity contribution >= 4 is 37.3 Å². The number of carbonyl (C=O) groups excluding carboxylic acids is 1. The predicted octanol–water partition coefficient (Wildman–Crippen LogP) is 1.58. The summed E-state index contributed by atoms with van der Waals surface area (Å²) >= 11 is 0. The Kier molecular flexibility index (Phi) is 5.91. The minimum atomic E-state index is -3.88. The van der Waals surface area contributed by atoms with Crippen LogP contribution < -0.4 is 13.9 Å². The highest BCUT2D eigenvalue weighted by Gasteiger charge is 2.38. The van der Waals surface area contributed by atoms with Gasteiger partial charge in [0.2, 0.25) is 26.0 Å². The summed E-state index contributed by atoms with van der Waals surface area (Å²) in [7, 11) is -6.06. The number of methoxy groups -OCH3 is 1. The highest BCUT2D eigenvalue weighted by molar-refractivity contribution is 7.94. The van der Waals surface area contributed by atoms with Crippen molar-refractivity contribution in [2.24, 2.45) is 0 Å². The van der Waals surface area contributed by atoms with E-state index in [1.165, 1.54) is 22.5 Å². The molecule has 2 aromatic carbocycles. The molecule has 0 aromatic heterocycles. The summed E-state index contributed by atoms with van der Waals surface area (Å²) in [5.41, 5.74) is 1.46. The average molecular weight is 480 g/mol. The molecule has 2 heterocycles. The molecule has 2 aliphatic heterocycles. The predicted molar refractivity (Wildman–Crippen MR) is 121 cm³/mol. The van der Waals surface area contributed by atoms with E-state index in [0.29, 0.717) is 23.0 Å². The van der Waals surface area contributed by atoms with Gasteiger partial charge in [0.1, 0.15) is 5.75 Å². The normalized spacial score (nSPS) is 19.4. The summed E-state index contributed by atoms with van der Waals surface area (Å²) in [6, 6.07) is 11.9. The van der Waals surface area contributed by atoms with Gasteiger partial charge in [0.15, 0.2) is 0 Å². The lowest BCUT2D eigenvalue weighted by molar-refractivity contribution is -0.116. The largest absolute Gasteiger partial charge is 0.495 e. The second kappa shape index (κ2) is 8.38. The zero-order chi connectivity index (χ0) is 23.1. The number of amides is 1. The van der Waals surface area contributed by atoms with Crippen LogP contribution in [0.2, 0.25) is 0 Å². The Labute approximate surface area is 188 Å². The number of piperazine rings is 1. The monoisotopic (exact) mass is 479 g/mol. The molecular formula is C21H25N3O6S2. The highest BCUT2D eigenvalue weighted by Crippen LogP contribution is 2.32. The Bertz CT molecular complexity index is 1250. The van der Waals surface area contributed by atoms with Gasteiger partial charge in [0.25, 0.3) is 0 Å². The topological polar surface area (TPSA) is 104 Å². The molecule has 0 bridgehead atoms. The van der Waals surface area contributed by atoms with Crippen LogP contribution in [-0.4, -0.2) is 66.1 Å². The van der Waals surface area contributed by atoms with Gasteiger partial charge in [-0.1, -0.05) is 18.2 Å². The van der Waals surface area contributed by atoms with Crippen LogP contribution in [0.4, 0.5) is 11.4 Å². The summed E-state index contributed by atoms with van der Waals surface area (Å²) in [6.07, 6.45) is -0.108. The number of nitrogens with zero attached hydrogens (tertiary/aromatic N) is 3. The van der Waals surface area contributed by atoms with Crippen LogP contribution in [0.1, 0.15) is 12.0 Å². The van der Waals surface area contributed by atoms with E-state index in [1.54, 1.807) is 14.0 Å². The molecule has 4 rings (SSSR count). The molecule has 0 atom stereocenters. The maximum Gasteiger partial charge on any atom is 0.243 e. The van der Waals surface area contributed by atoms with Crippen LogP contribution in [-0.2, 0) is 24.8 Å². The third-order valence-electron chi connectivity index (χ3n) is 5.77. The van der Waals surface area contributed by atoms with Crippen molar-refractivity contribution in [3.05, 3.63) is 48.0 Å². The molecule has 2 aliphatic rings. The molecule has 2 saturated heterocycles. The summed E-state index contributed by atoms with van der Waals surface area (Å²) in [5, 5.41) is 0. The van der Waals surface area contributed by atoms with Crippen molar-refractivity contribution in [3.63, 3.8) is 0 Å². The van der Waals surface area contributed by atoms with E-state index in [9.17, 15) is 21.6 Å². The van der Waals surface area contributed by atoms with E-state index >= 15 is 0 Å². The molecule has 0 spiro atoms. The van der Waals surface area contributed by atoms with Crippen LogP contribution in [0.25, 0.3) is 0 Å². The first-order valence-electron chi connectivity index (χ1n) is 10.2. The smallest absolute Gasteiger partial charge is 0.243 e. The lowest BCUT2D eigenvalue weighted by Gasteiger charge is -2.36. The third kappa shape index (κ3) is 3.96. The number of ether oxygens (including phenoxy) is 1. The first-order chi connectivity index (χ1) is 15.1. The molecule has 32 heavy (non-hydrogen) atoms. The van der Waals surface area contributed by atoms with Crippen molar-refractivity contribution in [3.8, 4) is 5.75 Å². The van der Waals surface area contributed by atoms with Crippen LogP contribution in [0.5, 0.6) is 5.75 Å². The van der Waals surface area contributed by atoms with Gasteiger partial charge < -0.3 is 9.64 Å². The molecule has 0 radical (unpaired) electrons. The maximum absolute atomic E-state index is 13.4. The second-order valence-electron chi connectivity index (χ2n) is 7.74. The van der Waals surface area contributed by atoms with Crippen molar-refractivity contribution < 1.29 is 26.4 Å². The SMILES string of the molecule is COc1ccccc1N1CCN(S(=O)(=O)c2cc(N3C(=O)CCS3(=O)=O)ccc2C)CC1. The Hall–Kier alpha value is -2.63. The molecule has 172 valence electrons. The fourth-order valence-corrected chi connectivity index (χ4v) is 7.18. The molecule has 11 heteroatoms. The Balaban J connectivity index is 1.59. The zero-order valence-corrected chi connectivity index (χ0v) is 19.5. The van der Waals surface area contributed by atoms with E-state index in [2.05, 4.69) is 4.90 Å². The molecule has 1 amide bonds. The quantitative estimate of drug-likeness (QED) is 0.641. The molecular weight excluding hydrogens is 454 g/mol. The van der Waals surface area contributed by atoms with E-state index in [0.717, 1.165) is 11.4 Å². The summed E-state index contributed by atoms with van der Waals surface area (Å²) in [6.45, 7) is 3.16. The average Bonchev–Trinajstić information content (AvgIpc) is 3.06. The summed E-state index contributed by atoms with van der Waals surface area (Å²) in [5.74, 6) is -0.0985. The van der Waals surface area contributed by atoms with E-state index in [1.807, 2.05) is 24.3 Å². The van der Waals surface area contributed by atoms with Gasteiger partial charge in [-0.25, -0.2) is 21.1 Å². The number of para-hydroxylation sites is 2. The van der Waals surface area contributed by atoms with E-state index < -0.39 is 26.0 Å². The number of hydrogen-bond donors (Lipinski definition) is 0. The number of carbonyl (C=O) groups is 1. The van der Waals surface area contributed by atoms with Crippen LogP contribution in [0.15, 0.2) is 47.4 Å². The van der Waals surface area contributed by atoms with Gasteiger partial charge in [-0.3, -0.25) is 4.79 Å². The molecule has 9 nitrogen and oxygen atoms in total. The number of hydrogen-bond acceptors (Lipinski definition) is 7. The molecule has 0 saturated carbocycles. The van der Waals surface area contributed by atoms with Crippen molar-refractivity contribution in [2.45, 2.75) is 18.2 Å². The standard InChI is InChI=1S/C21H25N3O6S2/c1-16-7-8-17(24-21(25)9-14-31(24,26)27)15-20(16)32(28,29)23-12-10-22(11-13-23)18-5-3-4-6-19(18)30-2/h3-8,15H,9-14H2,1-2H3. The zero-order valence-electron chi connectivity index (χ0n) is 17.9. The molecule has 0 unspecified atom stereocenters. The third-order valence-corrected chi connectivity index (χ3v) is 9.50. The number of aryl methyl sites for hydroxylation is 1. The number of rotatable bonds is 5. The Morgan fingerprint density at radius 3 is 2.31 bits per heavy atom. The Morgan fingerprint density at radius 1 is 1.00 bits per heavy atom. The van der Waals surface area contributed by atoms with Crippen molar-refractivity contribution in [1.29, 1.82) is 0 Å². The fraction of sp³-hybridized carbons (Fsp3) is 0.381. The molecule has 0 aliphatic carbocycles.